The van der Waals surface area contributed by atoms with Gasteiger partial charge in [0.1, 0.15) is 12.4 Å². The van der Waals surface area contributed by atoms with Crippen molar-refractivity contribution in [1.29, 1.82) is 0 Å². The molecule has 6 rings (SSSR count). The summed E-state index contributed by atoms with van der Waals surface area (Å²) >= 11 is 0. The molecule has 4 fully saturated rings. The summed E-state index contributed by atoms with van der Waals surface area (Å²) in [6.45, 7) is 2.13. The molecule has 0 aliphatic heterocycles. The van der Waals surface area contributed by atoms with Crippen LogP contribution in [0, 0.1) is 22.7 Å². The minimum Gasteiger partial charge on any atom is -0.457 e. The van der Waals surface area contributed by atoms with E-state index in [9.17, 15) is 24.6 Å². The Bertz CT molecular complexity index is 1230. The lowest BCUT2D eigenvalue weighted by Gasteiger charge is -2.65. The van der Waals surface area contributed by atoms with Gasteiger partial charge in [-0.3, -0.25) is 0 Å². The second-order valence-corrected chi connectivity index (χ2v) is 12.0. The highest BCUT2D eigenvalue weighted by Gasteiger charge is 2.71. The first-order valence-corrected chi connectivity index (χ1v) is 13.4. The number of hydrogen-bond acceptors (Lipinski definition) is 8. The normalized spacial score (nSPS) is 42.8. The third-order valence-corrected chi connectivity index (χ3v) is 10.8. The smallest absolute Gasteiger partial charge is 0.374 e. The molecule has 0 radical (unpaired) electrons. The molecule has 8 heteroatoms. The highest BCUT2D eigenvalue weighted by atomic mass is 16.6. The number of rotatable bonds is 4. The maximum absolute atomic E-state index is 12.9. The predicted molar refractivity (Wildman–Crippen MR) is 131 cm³/mol. The topological polar surface area (TPSA) is 127 Å². The Morgan fingerprint density at radius 3 is 2.54 bits per heavy atom. The number of furan rings is 1. The molecule has 4 aliphatic carbocycles. The largest absolute Gasteiger partial charge is 0.457 e. The van der Waals surface area contributed by atoms with Crippen molar-refractivity contribution in [3.05, 3.63) is 58.5 Å². The van der Waals surface area contributed by atoms with Gasteiger partial charge in [-0.25, -0.2) is 9.59 Å². The van der Waals surface area contributed by atoms with Gasteiger partial charge in [0.25, 0.3) is 0 Å². The summed E-state index contributed by atoms with van der Waals surface area (Å²) in [7, 11) is 0. The zero-order valence-electron chi connectivity index (χ0n) is 21.1. The summed E-state index contributed by atoms with van der Waals surface area (Å²) in [4.78, 5) is 36.9. The summed E-state index contributed by atoms with van der Waals surface area (Å²) in [5, 5.41) is 24.3. The molecular weight excluding hydrogens is 476 g/mol. The minimum absolute atomic E-state index is 0.0486. The second kappa shape index (κ2) is 8.40. The molecule has 2 N–H and O–H groups in total. The van der Waals surface area contributed by atoms with E-state index in [1.807, 2.05) is 0 Å². The van der Waals surface area contributed by atoms with Crippen LogP contribution in [0.3, 0.4) is 0 Å². The molecule has 8 nitrogen and oxygen atoms in total. The lowest BCUT2D eigenvalue weighted by molar-refractivity contribution is -0.246. The van der Waals surface area contributed by atoms with Crippen LogP contribution in [-0.4, -0.2) is 39.8 Å². The van der Waals surface area contributed by atoms with Crippen molar-refractivity contribution in [1.82, 2.24) is 0 Å². The summed E-state index contributed by atoms with van der Waals surface area (Å²) in [5.74, 6) is -0.684. The number of aldehydes is 1. The average molecular weight is 511 g/mol. The number of fused-ring (bicyclic) bond motifs is 5. The molecule has 0 bridgehead atoms. The van der Waals surface area contributed by atoms with Crippen molar-refractivity contribution in [3.8, 4) is 0 Å². The molecule has 0 aromatic carbocycles. The first-order valence-electron chi connectivity index (χ1n) is 13.4. The molecule has 37 heavy (non-hydrogen) atoms. The Balaban J connectivity index is 1.27. The van der Waals surface area contributed by atoms with Crippen molar-refractivity contribution in [3.63, 3.8) is 0 Å². The lowest BCUT2D eigenvalue weighted by atomic mass is 9.41. The standard InChI is InChI=1S/C29H34O8/c1-26-10-7-21-22(29(26,34)13-9-20(26)18-4-5-24(31)36-16-18)8-12-28(33)15-19(6-11-27(21,28)17-30)37-25(32)23-3-2-14-35-23/h2-5,14,16-17,19-22,33-34H,6-13,15H2,1H3. The van der Waals surface area contributed by atoms with E-state index < -0.39 is 39.7 Å². The third kappa shape index (κ3) is 3.37. The van der Waals surface area contributed by atoms with Crippen LogP contribution in [0.25, 0.3) is 0 Å². The Morgan fingerprint density at radius 2 is 1.84 bits per heavy atom. The Kier molecular flexibility index (Phi) is 5.59. The van der Waals surface area contributed by atoms with E-state index >= 15 is 0 Å². The second-order valence-electron chi connectivity index (χ2n) is 12.0. The van der Waals surface area contributed by atoms with Crippen LogP contribution in [0.4, 0.5) is 0 Å². The monoisotopic (exact) mass is 510 g/mol. The van der Waals surface area contributed by atoms with Crippen LogP contribution in [0.1, 0.15) is 86.7 Å². The zero-order chi connectivity index (χ0) is 26.1. The van der Waals surface area contributed by atoms with E-state index in [0.717, 1.165) is 18.3 Å². The molecule has 198 valence electrons. The molecule has 2 heterocycles. The van der Waals surface area contributed by atoms with Gasteiger partial charge in [0, 0.05) is 17.9 Å². The van der Waals surface area contributed by atoms with E-state index in [2.05, 4.69) is 6.92 Å². The van der Waals surface area contributed by atoms with Crippen molar-refractivity contribution in [2.75, 3.05) is 0 Å². The van der Waals surface area contributed by atoms with Gasteiger partial charge in [-0.2, -0.15) is 0 Å². The van der Waals surface area contributed by atoms with Crippen molar-refractivity contribution in [2.24, 2.45) is 22.7 Å². The maximum atomic E-state index is 12.9. The van der Waals surface area contributed by atoms with Crippen LogP contribution >= 0.6 is 0 Å². The summed E-state index contributed by atoms with van der Waals surface area (Å²) in [6, 6.07) is 6.39. The number of carbonyl (C=O) groups excluding carboxylic acids is 2. The SMILES string of the molecule is CC12CCC3C(CCC4(O)CC(OC(=O)c5ccco5)CCC34C=O)C1(O)CCC2c1ccc(=O)oc1. The van der Waals surface area contributed by atoms with Gasteiger partial charge < -0.3 is 28.6 Å². The number of hydrogen-bond donors (Lipinski definition) is 2. The lowest BCUT2D eigenvalue weighted by Crippen LogP contribution is -2.68. The number of esters is 1. The fourth-order valence-corrected chi connectivity index (χ4v) is 8.94. The van der Waals surface area contributed by atoms with E-state index in [4.69, 9.17) is 13.6 Å². The molecule has 4 aliphatic rings. The molecular formula is C29H34O8. The molecule has 2 aromatic heterocycles. The summed E-state index contributed by atoms with van der Waals surface area (Å²) in [5.41, 5.74) is -3.17. The van der Waals surface area contributed by atoms with E-state index in [1.165, 1.54) is 18.6 Å². The van der Waals surface area contributed by atoms with Gasteiger partial charge in [0.15, 0.2) is 0 Å². The molecule has 2 aromatic rings. The molecule has 4 saturated carbocycles. The average Bonchev–Trinajstić information content (AvgIpc) is 3.51. The van der Waals surface area contributed by atoms with Crippen LogP contribution < -0.4 is 5.63 Å². The Morgan fingerprint density at radius 1 is 1.03 bits per heavy atom. The van der Waals surface area contributed by atoms with Crippen molar-refractivity contribution >= 4 is 12.3 Å². The van der Waals surface area contributed by atoms with Gasteiger partial charge >= 0.3 is 11.6 Å². The first kappa shape index (κ1) is 24.6. The van der Waals surface area contributed by atoms with Crippen LogP contribution in [0.5, 0.6) is 0 Å². The van der Waals surface area contributed by atoms with Crippen molar-refractivity contribution in [2.45, 2.75) is 87.9 Å². The van der Waals surface area contributed by atoms with Crippen LogP contribution in [0.15, 0.2) is 50.4 Å². The van der Waals surface area contributed by atoms with Crippen LogP contribution in [-0.2, 0) is 9.53 Å². The fourth-order valence-electron chi connectivity index (χ4n) is 8.94. The van der Waals surface area contributed by atoms with E-state index in [0.29, 0.717) is 44.9 Å². The van der Waals surface area contributed by atoms with Gasteiger partial charge in [0.2, 0.25) is 5.76 Å². The van der Waals surface area contributed by atoms with Gasteiger partial charge in [-0.1, -0.05) is 6.92 Å². The quantitative estimate of drug-likeness (QED) is 0.467. The first-order chi connectivity index (χ1) is 17.7. The summed E-state index contributed by atoms with van der Waals surface area (Å²) in [6.07, 6.45) is 8.20. The van der Waals surface area contributed by atoms with E-state index in [-0.39, 0.29) is 29.9 Å². The van der Waals surface area contributed by atoms with Gasteiger partial charge in [-0.05, 0) is 92.9 Å². The zero-order valence-corrected chi connectivity index (χ0v) is 21.1. The maximum Gasteiger partial charge on any atom is 0.374 e. The van der Waals surface area contributed by atoms with Crippen molar-refractivity contribution < 1.29 is 33.4 Å². The molecule has 0 spiro atoms. The Labute approximate surface area is 215 Å². The number of carbonyl (C=O) groups is 2. The fraction of sp³-hybridized carbons (Fsp3) is 0.621. The number of aliphatic hydroxyl groups is 2. The van der Waals surface area contributed by atoms with Gasteiger partial charge in [0.05, 0.1) is 29.1 Å². The molecule has 0 amide bonds. The molecule has 8 atom stereocenters. The molecule has 8 unspecified atom stereocenters. The highest BCUT2D eigenvalue weighted by Crippen LogP contribution is 2.71. The minimum atomic E-state index is -1.30. The van der Waals surface area contributed by atoms with Gasteiger partial charge in [-0.15, -0.1) is 0 Å². The molecule has 0 saturated heterocycles. The number of ether oxygens (including phenoxy) is 1. The highest BCUT2D eigenvalue weighted by molar-refractivity contribution is 5.86. The predicted octanol–water partition coefficient (Wildman–Crippen LogP) is 3.99. The summed E-state index contributed by atoms with van der Waals surface area (Å²) < 4.78 is 16.0. The van der Waals surface area contributed by atoms with Crippen LogP contribution in [0.2, 0.25) is 0 Å². The third-order valence-electron chi connectivity index (χ3n) is 10.8. The Hall–Kier alpha value is -2.71. The van der Waals surface area contributed by atoms with E-state index in [1.54, 1.807) is 18.2 Å².